The summed E-state index contributed by atoms with van der Waals surface area (Å²) in [7, 11) is 0. The Morgan fingerprint density at radius 3 is 2.33 bits per heavy atom. The van der Waals surface area contributed by atoms with Crippen molar-refractivity contribution in [2.45, 2.75) is 26.7 Å². The average molecular weight is 302 g/mol. The van der Waals surface area contributed by atoms with Crippen LogP contribution in [0.1, 0.15) is 26.7 Å². The number of alkyl carbamates (subject to hydrolysis) is 1. The number of ether oxygens (including phenoxy) is 1. The molecule has 0 fully saturated rings. The summed E-state index contributed by atoms with van der Waals surface area (Å²) in [6, 6.07) is 0. The van der Waals surface area contributed by atoms with Gasteiger partial charge in [-0.05, 0) is 0 Å². The van der Waals surface area contributed by atoms with Crippen LogP contribution in [0.5, 0.6) is 0 Å². The van der Waals surface area contributed by atoms with Crippen LogP contribution >= 0.6 is 0 Å². The predicted molar refractivity (Wildman–Crippen MR) is 78.6 cm³/mol. The van der Waals surface area contributed by atoms with E-state index in [2.05, 4.69) is 10.6 Å². The van der Waals surface area contributed by atoms with Crippen molar-refractivity contribution in [3.63, 3.8) is 0 Å². The molecule has 0 aromatic heterocycles. The lowest BCUT2D eigenvalue weighted by molar-refractivity contribution is -0.131. The van der Waals surface area contributed by atoms with E-state index in [1.807, 2.05) is 0 Å². The number of nitrogens with one attached hydrogen (secondary N) is 2. The molecule has 0 unspecified atom stereocenters. The van der Waals surface area contributed by atoms with Crippen LogP contribution in [0.2, 0.25) is 0 Å². The zero-order valence-electron chi connectivity index (χ0n) is 12.8. The Labute approximate surface area is 125 Å². The summed E-state index contributed by atoms with van der Waals surface area (Å²) in [5.41, 5.74) is 5.24. The van der Waals surface area contributed by atoms with E-state index in [1.165, 1.54) is 0 Å². The molecule has 0 heterocycles. The van der Waals surface area contributed by atoms with E-state index in [0.717, 1.165) is 0 Å². The number of hydrogen-bond acceptors (Lipinski definition) is 5. The van der Waals surface area contributed by atoms with Crippen LogP contribution < -0.4 is 16.4 Å². The highest BCUT2D eigenvalue weighted by atomic mass is 16.5. The summed E-state index contributed by atoms with van der Waals surface area (Å²) in [5.74, 6) is -0.108. The van der Waals surface area contributed by atoms with Crippen molar-refractivity contribution in [2.24, 2.45) is 5.73 Å². The van der Waals surface area contributed by atoms with Crippen LogP contribution in [-0.4, -0.2) is 62.1 Å². The molecular formula is C13H26N4O4. The number of hydrogen-bond donors (Lipinski definition) is 3. The van der Waals surface area contributed by atoms with E-state index in [0.29, 0.717) is 45.6 Å². The number of amides is 3. The Bertz CT molecular complexity index is 336. The first kappa shape index (κ1) is 19.2. The molecule has 0 aromatic carbocycles. The number of carbonyl (C=O) groups excluding carboxylic acids is 3. The number of nitrogens with two attached hydrogens (primary N) is 1. The van der Waals surface area contributed by atoms with Gasteiger partial charge in [0.05, 0.1) is 6.54 Å². The van der Waals surface area contributed by atoms with Gasteiger partial charge in [0.15, 0.2) is 0 Å². The quantitative estimate of drug-likeness (QED) is 0.500. The Kier molecular flexibility index (Phi) is 10.9. The van der Waals surface area contributed by atoms with Crippen LogP contribution in [0, 0.1) is 0 Å². The van der Waals surface area contributed by atoms with Crippen LogP contribution in [-0.2, 0) is 14.3 Å². The van der Waals surface area contributed by atoms with Gasteiger partial charge in [-0.25, -0.2) is 4.79 Å². The number of carbonyl (C=O) groups is 3. The second-order valence-electron chi connectivity index (χ2n) is 4.29. The molecular weight excluding hydrogens is 276 g/mol. The van der Waals surface area contributed by atoms with Crippen molar-refractivity contribution in [2.75, 3.05) is 39.3 Å². The van der Waals surface area contributed by atoms with Crippen molar-refractivity contribution in [3.05, 3.63) is 0 Å². The van der Waals surface area contributed by atoms with Gasteiger partial charge in [0.25, 0.3) is 0 Å². The third-order valence-corrected chi connectivity index (χ3v) is 2.69. The van der Waals surface area contributed by atoms with Crippen LogP contribution in [0.3, 0.4) is 0 Å². The standard InChI is InChI=1S/C13H26N4O4/c1-3-11(18)15-7-8-17(12(19)4-2)9-10-21-13(20)16-6-5-14/h3-10,14H2,1-2H3,(H,15,18)(H,16,20). The minimum Gasteiger partial charge on any atom is -0.448 e. The molecule has 0 radical (unpaired) electrons. The molecule has 0 saturated heterocycles. The summed E-state index contributed by atoms with van der Waals surface area (Å²) >= 11 is 0. The van der Waals surface area contributed by atoms with E-state index in [1.54, 1.807) is 18.7 Å². The van der Waals surface area contributed by atoms with E-state index in [-0.39, 0.29) is 18.4 Å². The van der Waals surface area contributed by atoms with E-state index >= 15 is 0 Å². The third kappa shape index (κ3) is 9.67. The highest BCUT2D eigenvalue weighted by molar-refractivity contribution is 5.77. The molecule has 0 aromatic rings. The monoisotopic (exact) mass is 302 g/mol. The van der Waals surface area contributed by atoms with Gasteiger partial charge in [-0.1, -0.05) is 13.8 Å². The largest absolute Gasteiger partial charge is 0.448 e. The van der Waals surface area contributed by atoms with Gasteiger partial charge in [-0.3, -0.25) is 9.59 Å². The third-order valence-electron chi connectivity index (χ3n) is 2.69. The Hall–Kier alpha value is -1.83. The molecule has 122 valence electrons. The normalized spacial score (nSPS) is 9.86. The molecule has 8 heteroatoms. The van der Waals surface area contributed by atoms with Crippen molar-refractivity contribution >= 4 is 17.9 Å². The van der Waals surface area contributed by atoms with Gasteiger partial charge in [-0.15, -0.1) is 0 Å². The summed E-state index contributed by atoms with van der Waals surface area (Å²) in [6.07, 6.45) is 0.219. The molecule has 0 aliphatic rings. The van der Waals surface area contributed by atoms with Crippen molar-refractivity contribution in [1.82, 2.24) is 15.5 Å². The molecule has 0 aliphatic heterocycles. The van der Waals surface area contributed by atoms with E-state index in [9.17, 15) is 14.4 Å². The predicted octanol–water partition coefficient (Wildman–Crippen LogP) is -0.564. The zero-order valence-corrected chi connectivity index (χ0v) is 12.8. The molecule has 8 nitrogen and oxygen atoms in total. The zero-order chi connectivity index (χ0) is 16.1. The molecule has 0 spiro atoms. The smallest absolute Gasteiger partial charge is 0.407 e. The lowest BCUT2D eigenvalue weighted by atomic mass is 10.3. The molecule has 0 atom stereocenters. The fourth-order valence-electron chi connectivity index (χ4n) is 1.51. The van der Waals surface area contributed by atoms with Gasteiger partial charge >= 0.3 is 6.09 Å². The van der Waals surface area contributed by atoms with Gasteiger partial charge in [0, 0.05) is 39.0 Å². The Balaban J connectivity index is 4.04. The Morgan fingerprint density at radius 1 is 1.05 bits per heavy atom. The molecule has 0 saturated carbocycles. The van der Waals surface area contributed by atoms with Gasteiger partial charge < -0.3 is 26.0 Å². The molecule has 0 rings (SSSR count). The highest BCUT2D eigenvalue weighted by Gasteiger charge is 2.12. The first-order chi connectivity index (χ1) is 10.0. The number of rotatable bonds is 10. The van der Waals surface area contributed by atoms with Crippen molar-refractivity contribution in [1.29, 1.82) is 0 Å². The summed E-state index contributed by atoms with van der Waals surface area (Å²) in [5, 5.41) is 5.17. The highest BCUT2D eigenvalue weighted by Crippen LogP contribution is 1.94. The topological polar surface area (TPSA) is 114 Å². The minimum absolute atomic E-state index is 0.0493. The molecule has 4 N–H and O–H groups in total. The maximum absolute atomic E-state index is 11.7. The molecule has 0 aliphatic carbocycles. The molecule has 3 amide bonds. The van der Waals surface area contributed by atoms with Crippen LogP contribution in [0.4, 0.5) is 4.79 Å². The Morgan fingerprint density at radius 2 is 1.76 bits per heavy atom. The van der Waals surface area contributed by atoms with Crippen LogP contribution in [0.25, 0.3) is 0 Å². The summed E-state index contributed by atoms with van der Waals surface area (Å²) < 4.78 is 4.93. The van der Waals surface area contributed by atoms with Crippen LogP contribution in [0.15, 0.2) is 0 Å². The maximum Gasteiger partial charge on any atom is 0.407 e. The number of nitrogens with zero attached hydrogens (tertiary/aromatic N) is 1. The maximum atomic E-state index is 11.7. The summed E-state index contributed by atoms with van der Waals surface area (Å²) in [6.45, 7) is 5.39. The molecule has 21 heavy (non-hydrogen) atoms. The summed E-state index contributed by atoms with van der Waals surface area (Å²) in [4.78, 5) is 35.7. The first-order valence-electron chi connectivity index (χ1n) is 7.20. The minimum atomic E-state index is -0.552. The van der Waals surface area contributed by atoms with Crippen molar-refractivity contribution < 1.29 is 19.1 Å². The molecule has 0 bridgehead atoms. The van der Waals surface area contributed by atoms with E-state index in [4.69, 9.17) is 10.5 Å². The van der Waals surface area contributed by atoms with Gasteiger partial charge in [0.1, 0.15) is 6.61 Å². The second kappa shape index (κ2) is 12.0. The first-order valence-corrected chi connectivity index (χ1v) is 7.20. The SMILES string of the molecule is CCC(=O)NCCN(CCOC(=O)NCCN)C(=O)CC. The van der Waals surface area contributed by atoms with Gasteiger partial charge in [-0.2, -0.15) is 0 Å². The lowest BCUT2D eigenvalue weighted by Crippen LogP contribution is -2.40. The van der Waals surface area contributed by atoms with E-state index < -0.39 is 6.09 Å². The second-order valence-corrected chi connectivity index (χ2v) is 4.29. The fourth-order valence-corrected chi connectivity index (χ4v) is 1.51. The lowest BCUT2D eigenvalue weighted by Gasteiger charge is -2.22. The van der Waals surface area contributed by atoms with Crippen molar-refractivity contribution in [3.8, 4) is 0 Å². The van der Waals surface area contributed by atoms with Gasteiger partial charge in [0.2, 0.25) is 11.8 Å². The average Bonchev–Trinajstić information content (AvgIpc) is 2.50. The fraction of sp³-hybridized carbons (Fsp3) is 0.769.